The van der Waals surface area contributed by atoms with Crippen molar-refractivity contribution < 1.29 is 19.1 Å². The Balaban J connectivity index is 1.80. The van der Waals surface area contributed by atoms with E-state index in [9.17, 15) is 14.4 Å². The number of nitrogens with zero attached hydrogens (tertiary/aromatic N) is 1. The Morgan fingerprint density at radius 2 is 1.88 bits per heavy atom. The van der Waals surface area contributed by atoms with Gasteiger partial charge >= 0.3 is 5.97 Å². The summed E-state index contributed by atoms with van der Waals surface area (Å²) in [5, 5.41) is 2.83. The smallest absolute Gasteiger partial charge is 0.328 e. The van der Waals surface area contributed by atoms with Crippen LogP contribution in [0.2, 0.25) is 5.02 Å². The number of benzene rings is 1. The molecule has 0 aliphatic heterocycles. The summed E-state index contributed by atoms with van der Waals surface area (Å²) in [6.07, 6.45) is 5.41. The van der Waals surface area contributed by atoms with Crippen molar-refractivity contribution in [3.63, 3.8) is 0 Å². The number of likely N-dealkylation sites (N-methyl/N-ethyl adjacent to an activating group) is 1. The van der Waals surface area contributed by atoms with Gasteiger partial charge in [0.05, 0.1) is 10.6 Å². The van der Waals surface area contributed by atoms with Gasteiger partial charge in [0, 0.05) is 13.1 Å². The molecule has 1 saturated carbocycles. The monoisotopic (exact) mass is 380 g/mol. The van der Waals surface area contributed by atoms with Crippen LogP contribution < -0.4 is 5.32 Å². The van der Waals surface area contributed by atoms with E-state index in [2.05, 4.69) is 5.32 Å². The lowest BCUT2D eigenvalue weighted by Crippen LogP contribution is -2.43. The van der Waals surface area contributed by atoms with Gasteiger partial charge in [0.25, 0.3) is 11.8 Å². The maximum absolute atomic E-state index is 12.2. The second-order valence-electron chi connectivity index (χ2n) is 6.58. The van der Waals surface area contributed by atoms with E-state index in [4.69, 9.17) is 16.3 Å². The Morgan fingerprint density at radius 3 is 2.54 bits per heavy atom. The summed E-state index contributed by atoms with van der Waals surface area (Å²) in [6, 6.07) is 5.89. The van der Waals surface area contributed by atoms with Crippen LogP contribution in [-0.4, -0.2) is 48.4 Å². The van der Waals surface area contributed by atoms with Crippen molar-refractivity contribution in [3.8, 4) is 0 Å². The lowest BCUT2D eigenvalue weighted by molar-refractivity contribution is -0.153. The van der Waals surface area contributed by atoms with E-state index in [1.807, 2.05) is 0 Å². The molecule has 0 aromatic heterocycles. The van der Waals surface area contributed by atoms with E-state index in [0.717, 1.165) is 25.7 Å². The summed E-state index contributed by atoms with van der Waals surface area (Å²) >= 11 is 5.97. The molecule has 1 N–H and O–H groups in total. The summed E-state index contributed by atoms with van der Waals surface area (Å²) in [5.74, 6) is -1.35. The molecule has 142 valence electrons. The van der Waals surface area contributed by atoms with Gasteiger partial charge in [0.2, 0.25) is 0 Å². The summed E-state index contributed by atoms with van der Waals surface area (Å²) in [5.41, 5.74) is 0.280. The number of amides is 2. The zero-order valence-electron chi connectivity index (χ0n) is 15.2. The fourth-order valence-corrected chi connectivity index (χ4v) is 3.23. The molecule has 1 aliphatic rings. The standard InChI is InChI=1S/C19H25ClN2O4/c1-13(21-18(24)15-10-6-7-11-16(15)20)19(25)26-12-17(23)22(2)14-8-4-3-5-9-14/h6-7,10-11,13-14H,3-5,8-9,12H2,1-2H3,(H,21,24)/t13-/m0/s1. The molecule has 2 amide bonds. The molecule has 26 heavy (non-hydrogen) atoms. The average Bonchev–Trinajstić information content (AvgIpc) is 2.66. The first-order valence-electron chi connectivity index (χ1n) is 8.88. The lowest BCUT2D eigenvalue weighted by atomic mass is 9.94. The second-order valence-corrected chi connectivity index (χ2v) is 6.99. The Bertz CT molecular complexity index is 659. The molecule has 6 nitrogen and oxygen atoms in total. The molecule has 1 aromatic carbocycles. The number of carbonyl (C=O) groups is 3. The first-order valence-corrected chi connectivity index (χ1v) is 9.25. The Hall–Kier alpha value is -2.08. The van der Waals surface area contributed by atoms with Crippen LogP contribution in [0.3, 0.4) is 0 Å². The van der Waals surface area contributed by atoms with Crippen molar-refractivity contribution >= 4 is 29.4 Å². The molecule has 1 atom stereocenters. The molecule has 0 saturated heterocycles. The van der Waals surface area contributed by atoms with Crippen LogP contribution in [0.5, 0.6) is 0 Å². The third-order valence-electron chi connectivity index (χ3n) is 4.67. The van der Waals surface area contributed by atoms with E-state index in [0.29, 0.717) is 5.02 Å². The van der Waals surface area contributed by atoms with Gasteiger partial charge in [0.1, 0.15) is 6.04 Å². The molecule has 0 heterocycles. The normalized spacial score (nSPS) is 15.8. The van der Waals surface area contributed by atoms with Crippen molar-refractivity contribution in [2.24, 2.45) is 0 Å². The number of hydrogen-bond acceptors (Lipinski definition) is 4. The molecule has 0 spiro atoms. The van der Waals surface area contributed by atoms with E-state index < -0.39 is 17.9 Å². The minimum atomic E-state index is -0.883. The van der Waals surface area contributed by atoms with Gasteiger partial charge in [0.15, 0.2) is 6.61 Å². The highest BCUT2D eigenvalue weighted by Crippen LogP contribution is 2.21. The van der Waals surface area contributed by atoms with E-state index in [-0.39, 0.29) is 24.1 Å². The van der Waals surface area contributed by atoms with E-state index in [1.165, 1.54) is 13.3 Å². The summed E-state index contributed by atoms with van der Waals surface area (Å²) in [7, 11) is 1.74. The van der Waals surface area contributed by atoms with Crippen molar-refractivity contribution in [1.82, 2.24) is 10.2 Å². The largest absolute Gasteiger partial charge is 0.454 e. The van der Waals surface area contributed by atoms with Crippen molar-refractivity contribution in [3.05, 3.63) is 34.9 Å². The van der Waals surface area contributed by atoms with Crippen LogP contribution in [0.1, 0.15) is 49.4 Å². The number of carbonyl (C=O) groups excluding carboxylic acids is 3. The van der Waals surface area contributed by atoms with E-state index in [1.54, 1.807) is 36.2 Å². The first-order chi connectivity index (χ1) is 12.4. The molecule has 0 bridgehead atoms. The Kier molecular flexibility index (Phi) is 7.45. The fraction of sp³-hybridized carbons (Fsp3) is 0.526. The average molecular weight is 381 g/mol. The highest BCUT2D eigenvalue weighted by Gasteiger charge is 2.24. The Morgan fingerprint density at radius 1 is 1.23 bits per heavy atom. The van der Waals surface area contributed by atoms with Crippen molar-refractivity contribution in [2.45, 2.75) is 51.1 Å². The lowest BCUT2D eigenvalue weighted by Gasteiger charge is -2.31. The number of halogens is 1. The number of rotatable bonds is 6. The predicted octanol–water partition coefficient (Wildman–Crippen LogP) is 2.79. The second kappa shape index (κ2) is 9.57. The van der Waals surface area contributed by atoms with Gasteiger partial charge in [-0.3, -0.25) is 9.59 Å². The molecule has 0 unspecified atom stereocenters. The molecular formula is C19H25ClN2O4. The first kappa shape index (κ1) is 20.2. The Labute approximate surface area is 158 Å². The van der Waals surface area contributed by atoms with Crippen LogP contribution >= 0.6 is 11.6 Å². The SMILES string of the molecule is C[C@H](NC(=O)c1ccccc1Cl)C(=O)OCC(=O)N(C)C1CCCCC1. The quantitative estimate of drug-likeness (QED) is 0.770. The topological polar surface area (TPSA) is 75.7 Å². The van der Waals surface area contributed by atoms with Gasteiger partial charge in [-0.25, -0.2) is 4.79 Å². The van der Waals surface area contributed by atoms with Crippen LogP contribution in [0.4, 0.5) is 0 Å². The maximum Gasteiger partial charge on any atom is 0.328 e. The zero-order chi connectivity index (χ0) is 19.1. The number of hydrogen-bond donors (Lipinski definition) is 1. The number of nitrogens with one attached hydrogen (secondary N) is 1. The summed E-state index contributed by atoms with van der Waals surface area (Å²) in [4.78, 5) is 38.1. The van der Waals surface area contributed by atoms with Crippen LogP contribution in [-0.2, 0) is 14.3 Å². The predicted molar refractivity (Wildman–Crippen MR) is 99.0 cm³/mol. The summed E-state index contributed by atoms with van der Waals surface area (Å²) in [6.45, 7) is 1.19. The third kappa shape index (κ3) is 5.46. The van der Waals surface area contributed by atoms with Crippen molar-refractivity contribution in [2.75, 3.05) is 13.7 Å². The molecule has 0 radical (unpaired) electrons. The number of ether oxygens (including phenoxy) is 1. The minimum Gasteiger partial charge on any atom is -0.454 e. The van der Waals surface area contributed by atoms with Gasteiger partial charge < -0.3 is 15.0 Å². The highest BCUT2D eigenvalue weighted by atomic mass is 35.5. The molecule has 1 aliphatic carbocycles. The van der Waals surface area contributed by atoms with Gasteiger partial charge in [-0.15, -0.1) is 0 Å². The fourth-order valence-electron chi connectivity index (χ4n) is 3.01. The van der Waals surface area contributed by atoms with Crippen LogP contribution in [0.15, 0.2) is 24.3 Å². The minimum absolute atomic E-state index is 0.215. The van der Waals surface area contributed by atoms with Gasteiger partial charge in [-0.05, 0) is 31.9 Å². The van der Waals surface area contributed by atoms with Crippen LogP contribution in [0, 0.1) is 0 Å². The van der Waals surface area contributed by atoms with Crippen molar-refractivity contribution in [1.29, 1.82) is 0 Å². The van der Waals surface area contributed by atoms with Gasteiger partial charge in [-0.1, -0.05) is 43.0 Å². The molecule has 2 rings (SSSR count). The maximum atomic E-state index is 12.2. The molecular weight excluding hydrogens is 356 g/mol. The molecule has 7 heteroatoms. The summed E-state index contributed by atoms with van der Waals surface area (Å²) < 4.78 is 5.07. The number of esters is 1. The van der Waals surface area contributed by atoms with Crippen LogP contribution in [0.25, 0.3) is 0 Å². The highest BCUT2D eigenvalue weighted by molar-refractivity contribution is 6.33. The molecule has 1 aromatic rings. The van der Waals surface area contributed by atoms with Gasteiger partial charge in [-0.2, -0.15) is 0 Å². The zero-order valence-corrected chi connectivity index (χ0v) is 15.9. The third-order valence-corrected chi connectivity index (χ3v) is 5.00. The molecule has 1 fully saturated rings. The van der Waals surface area contributed by atoms with E-state index >= 15 is 0 Å².